The Labute approximate surface area is 135 Å². The number of rotatable bonds is 2. The summed E-state index contributed by atoms with van der Waals surface area (Å²) in [5.74, 6) is 0.474. The first-order valence-electron chi connectivity index (χ1n) is 8.08. The van der Waals surface area contributed by atoms with Crippen molar-refractivity contribution in [1.82, 2.24) is 14.9 Å². The Balaban J connectivity index is 1.83. The molecule has 1 N–H and O–H groups in total. The minimum atomic E-state index is -0.332. The molecule has 23 heavy (non-hydrogen) atoms. The Bertz CT molecular complexity index is 739. The number of aromatic nitrogens is 2. The van der Waals surface area contributed by atoms with Gasteiger partial charge in [0.05, 0.1) is 0 Å². The van der Waals surface area contributed by atoms with E-state index in [-0.39, 0.29) is 17.0 Å². The standard InChI is InChI=1S/C18H21N3O2/c1-13-3-2-11-21(12-8-13)18(23)15-4-5-16(20-17(15)22)14-6-9-19-10-7-14/h4-7,9-10,13H,2-3,8,11-12H2,1H3,(H,20,22). The second-order valence-electron chi connectivity index (χ2n) is 6.18. The molecule has 3 rings (SSSR count). The van der Waals surface area contributed by atoms with Gasteiger partial charge in [-0.15, -0.1) is 0 Å². The minimum absolute atomic E-state index is 0.165. The zero-order valence-corrected chi connectivity index (χ0v) is 13.3. The molecule has 1 atom stereocenters. The zero-order chi connectivity index (χ0) is 16.2. The number of nitrogens with one attached hydrogen (secondary N) is 1. The van der Waals surface area contributed by atoms with Crippen LogP contribution in [0.15, 0.2) is 41.5 Å². The van der Waals surface area contributed by atoms with Crippen LogP contribution in [0, 0.1) is 5.92 Å². The third-order valence-electron chi connectivity index (χ3n) is 4.44. The summed E-state index contributed by atoms with van der Waals surface area (Å²) in [7, 11) is 0. The summed E-state index contributed by atoms with van der Waals surface area (Å²) in [5, 5.41) is 0. The molecule has 1 fully saturated rings. The fourth-order valence-corrected chi connectivity index (χ4v) is 2.98. The van der Waals surface area contributed by atoms with E-state index >= 15 is 0 Å². The Morgan fingerprint density at radius 1 is 1.17 bits per heavy atom. The molecule has 1 saturated heterocycles. The lowest BCUT2D eigenvalue weighted by Crippen LogP contribution is -2.35. The SMILES string of the molecule is CC1CCCN(C(=O)c2ccc(-c3ccncc3)[nH]c2=O)CC1. The van der Waals surface area contributed by atoms with Crippen molar-refractivity contribution in [1.29, 1.82) is 0 Å². The normalized spacial score (nSPS) is 18.5. The summed E-state index contributed by atoms with van der Waals surface area (Å²) in [6.07, 6.45) is 6.48. The number of nitrogens with zero attached hydrogens (tertiary/aromatic N) is 2. The third kappa shape index (κ3) is 3.50. The van der Waals surface area contributed by atoms with Crippen molar-refractivity contribution < 1.29 is 4.79 Å². The van der Waals surface area contributed by atoms with E-state index in [9.17, 15) is 9.59 Å². The number of carbonyl (C=O) groups excluding carboxylic acids is 1. The van der Waals surface area contributed by atoms with Crippen molar-refractivity contribution in [3.05, 3.63) is 52.6 Å². The predicted molar refractivity (Wildman–Crippen MR) is 89.2 cm³/mol. The van der Waals surface area contributed by atoms with Crippen LogP contribution in [-0.4, -0.2) is 33.9 Å². The molecule has 5 nitrogen and oxygen atoms in total. The number of amides is 1. The van der Waals surface area contributed by atoms with Gasteiger partial charge >= 0.3 is 0 Å². The highest BCUT2D eigenvalue weighted by molar-refractivity contribution is 5.94. The summed E-state index contributed by atoms with van der Waals surface area (Å²) >= 11 is 0. The summed E-state index contributed by atoms with van der Waals surface area (Å²) in [6.45, 7) is 3.67. The number of hydrogen-bond donors (Lipinski definition) is 1. The highest BCUT2D eigenvalue weighted by atomic mass is 16.2. The molecular formula is C18H21N3O2. The topological polar surface area (TPSA) is 66.1 Å². The highest BCUT2D eigenvalue weighted by Crippen LogP contribution is 2.18. The average molecular weight is 311 g/mol. The van der Waals surface area contributed by atoms with Crippen LogP contribution in [0.2, 0.25) is 0 Å². The lowest BCUT2D eigenvalue weighted by atomic mass is 10.0. The molecule has 1 amide bonds. The van der Waals surface area contributed by atoms with Gasteiger partial charge in [0, 0.05) is 36.7 Å². The van der Waals surface area contributed by atoms with E-state index in [0.717, 1.165) is 37.9 Å². The highest BCUT2D eigenvalue weighted by Gasteiger charge is 2.21. The minimum Gasteiger partial charge on any atom is -0.338 e. The van der Waals surface area contributed by atoms with Gasteiger partial charge in [0.1, 0.15) is 5.56 Å². The molecule has 120 valence electrons. The maximum atomic E-state index is 12.6. The smallest absolute Gasteiger partial charge is 0.261 e. The van der Waals surface area contributed by atoms with Crippen LogP contribution in [0.1, 0.15) is 36.5 Å². The monoisotopic (exact) mass is 311 g/mol. The van der Waals surface area contributed by atoms with Gasteiger partial charge < -0.3 is 9.88 Å². The summed E-state index contributed by atoms with van der Waals surface area (Å²) in [6, 6.07) is 7.06. The second-order valence-corrected chi connectivity index (χ2v) is 6.18. The molecular weight excluding hydrogens is 290 g/mol. The van der Waals surface area contributed by atoms with Crippen molar-refractivity contribution in [2.24, 2.45) is 5.92 Å². The van der Waals surface area contributed by atoms with E-state index < -0.39 is 0 Å². The Morgan fingerprint density at radius 3 is 2.70 bits per heavy atom. The number of likely N-dealkylation sites (tertiary alicyclic amines) is 1. The molecule has 0 radical (unpaired) electrons. The van der Waals surface area contributed by atoms with E-state index in [0.29, 0.717) is 11.6 Å². The summed E-state index contributed by atoms with van der Waals surface area (Å²) in [4.78, 5) is 33.5. The molecule has 2 aromatic heterocycles. The van der Waals surface area contributed by atoms with E-state index in [4.69, 9.17) is 0 Å². The molecule has 3 heterocycles. The fraction of sp³-hybridized carbons (Fsp3) is 0.389. The molecule has 5 heteroatoms. The van der Waals surface area contributed by atoms with Gasteiger partial charge in [-0.2, -0.15) is 0 Å². The molecule has 0 aromatic carbocycles. The molecule has 0 aliphatic carbocycles. The number of pyridine rings is 2. The maximum Gasteiger partial charge on any atom is 0.261 e. The molecule has 0 saturated carbocycles. The number of H-pyrrole nitrogens is 1. The van der Waals surface area contributed by atoms with E-state index in [2.05, 4.69) is 16.9 Å². The lowest BCUT2D eigenvalue weighted by molar-refractivity contribution is 0.0758. The van der Waals surface area contributed by atoms with Crippen LogP contribution in [0.25, 0.3) is 11.3 Å². The maximum absolute atomic E-state index is 12.6. The van der Waals surface area contributed by atoms with E-state index in [1.54, 1.807) is 29.4 Å². The Kier molecular flexibility index (Phi) is 4.55. The van der Waals surface area contributed by atoms with Crippen LogP contribution in [0.3, 0.4) is 0 Å². The third-order valence-corrected chi connectivity index (χ3v) is 4.44. The van der Waals surface area contributed by atoms with Gasteiger partial charge in [-0.05, 0) is 49.4 Å². The fourth-order valence-electron chi connectivity index (χ4n) is 2.98. The first kappa shape index (κ1) is 15.5. The van der Waals surface area contributed by atoms with Gasteiger partial charge in [-0.3, -0.25) is 14.6 Å². The molecule has 1 aliphatic rings. The van der Waals surface area contributed by atoms with Gasteiger partial charge in [-0.25, -0.2) is 0 Å². The zero-order valence-electron chi connectivity index (χ0n) is 13.3. The van der Waals surface area contributed by atoms with Gasteiger partial charge in [0.25, 0.3) is 11.5 Å². The van der Waals surface area contributed by atoms with Crippen molar-refractivity contribution >= 4 is 5.91 Å². The largest absolute Gasteiger partial charge is 0.338 e. The van der Waals surface area contributed by atoms with E-state index in [1.165, 1.54) is 0 Å². The van der Waals surface area contributed by atoms with Crippen molar-refractivity contribution in [3.8, 4) is 11.3 Å². The molecule has 1 aliphatic heterocycles. The van der Waals surface area contributed by atoms with Gasteiger partial charge in [0.2, 0.25) is 0 Å². The number of carbonyl (C=O) groups is 1. The van der Waals surface area contributed by atoms with Crippen LogP contribution in [-0.2, 0) is 0 Å². The Hall–Kier alpha value is -2.43. The lowest BCUT2D eigenvalue weighted by Gasteiger charge is -2.20. The first-order valence-corrected chi connectivity index (χ1v) is 8.08. The number of aromatic amines is 1. The van der Waals surface area contributed by atoms with Crippen molar-refractivity contribution in [3.63, 3.8) is 0 Å². The van der Waals surface area contributed by atoms with Crippen molar-refractivity contribution in [2.75, 3.05) is 13.1 Å². The first-order chi connectivity index (χ1) is 11.1. The molecule has 0 bridgehead atoms. The van der Waals surface area contributed by atoms with Crippen LogP contribution in [0.4, 0.5) is 0 Å². The van der Waals surface area contributed by atoms with Crippen LogP contribution in [0.5, 0.6) is 0 Å². The molecule has 1 unspecified atom stereocenters. The molecule has 2 aromatic rings. The second kappa shape index (κ2) is 6.77. The van der Waals surface area contributed by atoms with Crippen LogP contribution < -0.4 is 5.56 Å². The summed E-state index contributed by atoms with van der Waals surface area (Å²) in [5.41, 5.74) is 1.46. The Morgan fingerprint density at radius 2 is 1.96 bits per heavy atom. The van der Waals surface area contributed by atoms with Crippen molar-refractivity contribution in [2.45, 2.75) is 26.2 Å². The van der Waals surface area contributed by atoms with Crippen LogP contribution >= 0.6 is 0 Å². The number of hydrogen-bond acceptors (Lipinski definition) is 3. The van der Waals surface area contributed by atoms with E-state index in [1.807, 2.05) is 12.1 Å². The van der Waals surface area contributed by atoms with Gasteiger partial charge in [-0.1, -0.05) is 6.92 Å². The van der Waals surface area contributed by atoms with Gasteiger partial charge in [0.15, 0.2) is 0 Å². The summed E-state index contributed by atoms with van der Waals surface area (Å²) < 4.78 is 0. The average Bonchev–Trinajstić information content (AvgIpc) is 2.79. The quantitative estimate of drug-likeness (QED) is 0.927. The molecule has 0 spiro atoms. The predicted octanol–water partition coefficient (Wildman–Crippen LogP) is 2.70.